The van der Waals surface area contributed by atoms with E-state index in [2.05, 4.69) is 10.4 Å². The number of nitrogens with one attached hydrogen (secondary N) is 1. The van der Waals surface area contributed by atoms with Gasteiger partial charge in [-0.25, -0.2) is 4.68 Å². The fourth-order valence-electron chi connectivity index (χ4n) is 3.33. The third-order valence-corrected chi connectivity index (χ3v) is 4.68. The third kappa shape index (κ3) is 3.94. The molecule has 0 unspecified atom stereocenters. The zero-order chi connectivity index (χ0) is 20.4. The smallest absolute Gasteiger partial charge is 0.274 e. The van der Waals surface area contributed by atoms with Crippen LogP contribution < -0.4 is 20.3 Å². The molecule has 0 bridgehead atoms. The summed E-state index contributed by atoms with van der Waals surface area (Å²) in [5.74, 6) is 1.24. The molecule has 29 heavy (non-hydrogen) atoms. The van der Waals surface area contributed by atoms with Gasteiger partial charge >= 0.3 is 0 Å². The molecule has 2 aromatic carbocycles. The molecular weight excluding hydrogens is 370 g/mol. The lowest BCUT2D eigenvalue weighted by Gasteiger charge is -2.26. The molecule has 1 amide bonds. The number of nitrogens with zero attached hydrogens (tertiary/aromatic N) is 2. The summed E-state index contributed by atoms with van der Waals surface area (Å²) in [6, 6.07) is 14.5. The predicted molar refractivity (Wildman–Crippen MR) is 110 cm³/mol. The second-order valence-electron chi connectivity index (χ2n) is 7.48. The first-order valence-electron chi connectivity index (χ1n) is 9.69. The summed E-state index contributed by atoms with van der Waals surface area (Å²) < 4.78 is 12.9. The fourth-order valence-corrected chi connectivity index (χ4v) is 3.33. The molecule has 3 aromatic rings. The summed E-state index contributed by atoms with van der Waals surface area (Å²) in [6.45, 7) is 5.06. The second-order valence-corrected chi connectivity index (χ2v) is 7.48. The van der Waals surface area contributed by atoms with Crippen molar-refractivity contribution in [2.45, 2.75) is 26.5 Å². The molecule has 0 aliphatic carbocycles. The van der Waals surface area contributed by atoms with Gasteiger partial charge in [0.05, 0.1) is 11.9 Å². The highest BCUT2D eigenvalue weighted by Gasteiger charge is 2.23. The van der Waals surface area contributed by atoms with E-state index in [0.717, 1.165) is 0 Å². The van der Waals surface area contributed by atoms with E-state index in [1.807, 2.05) is 38.1 Å². The van der Waals surface area contributed by atoms with E-state index in [-0.39, 0.29) is 35.7 Å². The van der Waals surface area contributed by atoms with E-state index in [1.165, 1.54) is 4.68 Å². The number of amides is 1. The van der Waals surface area contributed by atoms with E-state index < -0.39 is 0 Å². The fraction of sp³-hybridized carbons (Fsp3) is 0.318. The van der Waals surface area contributed by atoms with Gasteiger partial charge in [0, 0.05) is 11.9 Å². The second kappa shape index (κ2) is 7.95. The van der Waals surface area contributed by atoms with Gasteiger partial charge in [0.1, 0.15) is 12.7 Å². The Kier molecular flexibility index (Phi) is 5.20. The number of rotatable bonds is 5. The summed E-state index contributed by atoms with van der Waals surface area (Å²) in [6.07, 6.45) is -0.304. The van der Waals surface area contributed by atoms with E-state index in [1.54, 1.807) is 24.3 Å². The number of benzene rings is 2. The van der Waals surface area contributed by atoms with Gasteiger partial charge in [0.2, 0.25) is 0 Å². The molecule has 1 N–H and O–H groups in total. The first kappa shape index (κ1) is 19.0. The number of fused-ring (bicyclic) bond motifs is 2. The van der Waals surface area contributed by atoms with Gasteiger partial charge in [-0.15, -0.1) is 0 Å². The van der Waals surface area contributed by atoms with Gasteiger partial charge in [-0.2, -0.15) is 5.10 Å². The Morgan fingerprint density at radius 1 is 1.14 bits per heavy atom. The van der Waals surface area contributed by atoms with Crippen LogP contribution in [0.5, 0.6) is 11.5 Å². The molecule has 0 saturated carbocycles. The first-order chi connectivity index (χ1) is 14.0. The van der Waals surface area contributed by atoms with Crippen LogP contribution in [0.2, 0.25) is 0 Å². The van der Waals surface area contributed by atoms with Crippen LogP contribution >= 0.6 is 0 Å². The summed E-state index contributed by atoms with van der Waals surface area (Å²) in [5.41, 5.74) is 0.0458. The van der Waals surface area contributed by atoms with Crippen LogP contribution in [0.25, 0.3) is 10.8 Å². The van der Waals surface area contributed by atoms with Crippen molar-refractivity contribution in [3.8, 4) is 11.5 Å². The zero-order valence-electron chi connectivity index (χ0n) is 16.4. The number of carbonyl (C=O) groups is 1. The maximum Gasteiger partial charge on any atom is 0.274 e. The van der Waals surface area contributed by atoms with Crippen LogP contribution in [0.15, 0.2) is 53.3 Å². The summed E-state index contributed by atoms with van der Waals surface area (Å²) in [4.78, 5) is 25.6. The molecule has 150 valence electrons. The van der Waals surface area contributed by atoms with Crippen molar-refractivity contribution in [1.29, 1.82) is 0 Å². The van der Waals surface area contributed by atoms with E-state index >= 15 is 0 Å². The number of ether oxygens (including phenoxy) is 2. The Balaban J connectivity index is 1.55. The quantitative estimate of drug-likeness (QED) is 0.721. The van der Waals surface area contributed by atoms with E-state index in [4.69, 9.17) is 9.47 Å². The lowest BCUT2D eigenvalue weighted by Crippen LogP contribution is -2.41. The predicted octanol–water partition coefficient (Wildman–Crippen LogP) is 2.62. The molecule has 0 fully saturated rings. The third-order valence-electron chi connectivity index (χ3n) is 4.68. The largest absolute Gasteiger partial charge is 0.486 e. The minimum atomic E-state index is -0.346. The summed E-state index contributed by atoms with van der Waals surface area (Å²) >= 11 is 0. The lowest BCUT2D eigenvalue weighted by molar-refractivity contribution is 0.0786. The Hall–Kier alpha value is -3.35. The van der Waals surface area contributed by atoms with Gasteiger partial charge in [0.15, 0.2) is 17.2 Å². The highest BCUT2D eigenvalue weighted by molar-refractivity contribution is 6.04. The Morgan fingerprint density at radius 3 is 2.59 bits per heavy atom. The van der Waals surface area contributed by atoms with Crippen LogP contribution in [0.4, 0.5) is 0 Å². The van der Waals surface area contributed by atoms with Crippen molar-refractivity contribution in [3.63, 3.8) is 0 Å². The molecule has 1 atom stereocenters. The lowest BCUT2D eigenvalue weighted by atomic mass is 10.1. The normalized spacial score (nSPS) is 15.5. The minimum absolute atomic E-state index is 0.188. The summed E-state index contributed by atoms with van der Waals surface area (Å²) in [7, 11) is 0. The van der Waals surface area contributed by atoms with E-state index in [0.29, 0.717) is 35.4 Å². The van der Waals surface area contributed by atoms with Crippen molar-refractivity contribution in [1.82, 2.24) is 15.1 Å². The number of hydrogen-bond donors (Lipinski definition) is 1. The van der Waals surface area contributed by atoms with Crippen LogP contribution in [0.1, 0.15) is 24.3 Å². The van der Waals surface area contributed by atoms with Gasteiger partial charge in [-0.05, 0) is 24.1 Å². The van der Waals surface area contributed by atoms with Crippen LogP contribution in [-0.2, 0) is 6.54 Å². The SMILES string of the molecule is CC(C)Cn1nc(C(=O)NC[C@@H]2COc3ccccc3O2)c2ccccc2c1=O. The molecule has 7 heteroatoms. The van der Waals surface area contributed by atoms with Crippen LogP contribution in [-0.4, -0.2) is 34.9 Å². The Morgan fingerprint density at radius 2 is 1.83 bits per heavy atom. The molecule has 0 saturated heterocycles. The molecule has 2 heterocycles. The van der Waals surface area contributed by atoms with Crippen LogP contribution in [0, 0.1) is 5.92 Å². The van der Waals surface area contributed by atoms with Gasteiger partial charge in [-0.3, -0.25) is 9.59 Å². The van der Waals surface area contributed by atoms with Crippen molar-refractivity contribution >= 4 is 16.7 Å². The van der Waals surface area contributed by atoms with Gasteiger partial charge in [0.25, 0.3) is 11.5 Å². The molecule has 7 nitrogen and oxygen atoms in total. The van der Waals surface area contributed by atoms with E-state index in [9.17, 15) is 9.59 Å². The zero-order valence-corrected chi connectivity index (χ0v) is 16.4. The first-order valence-corrected chi connectivity index (χ1v) is 9.69. The number of hydrogen-bond acceptors (Lipinski definition) is 5. The van der Waals surface area contributed by atoms with Crippen molar-refractivity contribution < 1.29 is 14.3 Å². The topological polar surface area (TPSA) is 82.5 Å². The molecule has 0 spiro atoms. The highest BCUT2D eigenvalue weighted by atomic mass is 16.6. The molecular formula is C22H23N3O4. The van der Waals surface area contributed by atoms with Crippen molar-refractivity contribution in [2.75, 3.05) is 13.2 Å². The van der Waals surface area contributed by atoms with Crippen LogP contribution in [0.3, 0.4) is 0 Å². The standard InChI is InChI=1S/C22H23N3O4/c1-14(2)12-25-22(27)17-8-4-3-7-16(17)20(24-25)21(26)23-11-15-13-28-18-9-5-6-10-19(18)29-15/h3-10,14-15H,11-13H2,1-2H3,(H,23,26)/t15-/m1/s1. The number of carbonyl (C=O) groups excluding carboxylic acids is 1. The average Bonchev–Trinajstić information content (AvgIpc) is 2.73. The number of para-hydroxylation sites is 2. The Bertz CT molecular complexity index is 1110. The van der Waals surface area contributed by atoms with Crippen molar-refractivity contribution in [2.24, 2.45) is 5.92 Å². The molecule has 1 aliphatic heterocycles. The molecule has 1 aliphatic rings. The summed E-state index contributed by atoms with van der Waals surface area (Å²) in [5, 5.41) is 8.26. The average molecular weight is 393 g/mol. The van der Waals surface area contributed by atoms with Gasteiger partial charge in [-0.1, -0.05) is 44.2 Å². The highest BCUT2D eigenvalue weighted by Crippen LogP contribution is 2.30. The minimum Gasteiger partial charge on any atom is -0.486 e. The number of aromatic nitrogens is 2. The van der Waals surface area contributed by atoms with Crippen molar-refractivity contribution in [3.05, 3.63) is 64.6 Å². The van der Waals surface area contributed by atoms with Gasteiger partial charge < -0.3 is 14.8 Å². The molecule has 1 aromatic heterocycles. The maximum absolute atomic E-state index is 12.9. The maximum atomic E-state index is 12.9. The Labute approximate surface area is 168 Å². The molecule has 4 rings (SSSR count). The monoisotopic (exact) mass is 393 g/mol. The molecule has 0 radical (unpaired) electrons.